The number of sulfonamides is 1. The first-order valence-electron chi connectivity index (χ1n) is 8.80. The third-order valence-corrected chi connectivity index (χ3v) is 6.13. The summed E-state index contributed by atoms with van der Waals surface area (Å²) in [5.41, 5.74) is -0.0184. The SMILES string of the molecule is CCOc1ccc(C(=O)Cn2cc(S(=O)(=O)N(CC)CC)ccc2=O)cc1. The van der Waals surface area contributed by atoms with Gasteiger partial charge in [-0.15, -0.1) is 0 Å². The summed E-state index contributed by atoms with van der Waals surface area (Å²) in [6.45, 7) is 6.28. The van der Waals surface area contributed by atoms with Gasteiger partial charge in [0.05, 0.1) is 18.0 Å². The van der Waals surface area contributed by atoms with Crippen LogP contribution in [-0.4, -0.2) is 42.8 Å². The molecule has 2 aromatic rings. The zero-order valence-electron chi connectivity index (χ0n) is 15.7. The number of rotatable bonds is 9. The topological polar surface area (TPSA) is 85.7 Å². The molecule has 0 N–H and O–H groups in total. The van der Waals surface area contributed by atoms with E-state index in [4.69, 9.17) is 4.74 Å². The molecule has 0 fully saturated rings. The highest BCUT2D eigenvalue weighted by Crippen LogP contribution is 2.15. The highest BCUT2D eigenvalue weighted by Gasteiger charge is 2.22. The molecular weight excluding hydrogens is 368 g/mol. The minimum absolute atomic E-state index is 0.00899. The van der Waals surface area contributed by atoms with Gasteiger partial charge in [-0.1, -0.05) is 13.8 Å². The van der Waals surface area contributed by atoms with Gasteiger partial charge in [-0.3, -0.25) is 9.59 Å². The van der Waals surface area contributed by atoms with Crippen molar-refractivity contribution in [3.63, 3.8) is 0 Å². The molecule has 0 saturated carbocycles. The van der Waals surface area contributed by atoms with Gasteiger partial charge < -0.3 is 9.30 Å². The standard InChI is InChI=1S/C19H24N2O5S/c1-4-21(5-2)27(24,25)17-11-12-19(23)20(13-17)14-18(22)15-7-9-16(10-8-15)26-6-3/h7-13H,4-6,14H2,1-3H3. The predicted molar refractivity (Wildman–Crippen MR) is 103 cm³/mol. The minimum atomic E-state index is -3.71. The number of Topliss-reactive ketones (excluding diaryl/α,β-unsaturated/α-hetero) is 1. The van der Waals surface area contributed by atoms with Gasteiger partial charge in [0.15, 0.2) is 5.78 Å². The lowest BCUT2D eigenvalue weighted by atomic mass is 10.1. The van der Waals surface area contributed by atoms with Gasteiger partial charge in [-0.05, 0) is 37.3 Å². The molecule has 146 valence electrons. The van der Waals surface area contributed by atoms with E-state index in [0.717, 1.165) is 4.57 Å². The lowest BCUT2D eigenvalue weighted by Gasteiger charge is -2.19. The van der Waals surface area contributed by atoms with Crippen LogP contribution in [0.1, 0.15) is 31.1 Å². The van der Waals surface area contributed by atoms with E-state index < -0.39 is 15.6 Å². The quantitative estimate of drug-likeness (QED) is 0.611. The van der Waals surface area contributed by atoms with Crippen LogP contribution in [0.4, 0.5) is 0 Å². The first-order chi connectivity index (χ1) is 12.8. The summed E-state index contributed by atoms with van der Waals surface area (Å²) in [5, 5.41) is 0. The lowest BCUT2D eigenvalue weighted by molar-refractivity contribution is 0.0970. The summed E-state index contributed by atoms with van der Waals surface area (Å²) in [7, 11) is -3.71. The molecular formula is C19H24N2O5S. The second-order valence-corrected chi connectivity index (χ2v) is 7.74. The summed E-state index contributed by atoms with van der Waals surface area (Å²) in [6.07, 6.45) is 1.22. The van der Waals surface area contributed by atoms with Crippen LogP contribution >= 0.6 is 0 Å². The van der Waals surface area contributed by atoms with E-state index in [-0.39, 0.29) is 17.2 Å². The van der Waals surface area contributed by atoms with Crippen molar-refractivity contribution in [3.05, 3.63) is 58.5 Å². The molecule has 0 spiro atoms. The van der Waals surface area contributed by atoms with Crippen molar-refractivity contribution < 1.29 is 17.9 Å². The molecule has 0 aliphatic rings. The van der Waals surface area contributed by atoms with Crippen LogP contribution < -0.4 is 10.3 Å². The molecule has 7 nitrogen and oxygen atoms in total. The van der Waals surface area contributed by atoms with Crippen molar-refractivity contribution >= 4 is 15.8 Å². The predicted octanol–water partition coefficient (Wildman–Crippen LogP) is 2.16. The Bertz CT molecular complexity index is 945. The average molecular weight is 392 g/mol. The maximum Gasteiger partial charge on any atom is 0.251 e. The van der Waals surface area contributed by atoms with Crippen LogP contribution in [0.25, 0.3) is 0 Å². The van der Waals surface area contributed by atoms with E-state index in [1.165, 1.54) is 22.6 Å². The molecule has 1 aromatic carbocycles. The Labute approximate surface area is 159 Å². The maximum absolute atomic E-state index is 12.6. The smallest absolute Gasteiger partial charge is 0.251 e. The average Bonchev–Trinajstić information content (AvgIpc) is 2.65. The van der Waals surface area contributed by atoms with Gasteiger partial charge in [0.25, 0.3) is 5.56 Å². The number of ether oxygens (including phenoxy) is 1. The van der Waals surface area contributed by atoms with Crippen molar-refractivity contribution in [1.29, 1.82) is 0 Å². The number of carbonyl (C=O) groups excluding carboxylic acids is 1. The Hall–Kier alpha value is -2.45. The third-order valence-electron chi connectivity index (χ3n) is 4.10. The summed E-state index contributed by atoms with van der Waals surface area (Å²) in [5.74, 6) is 0.357. The fourth-order valence-electron chi connectivity index (χ4n) is 2.65. The van der Waals surface area contributed by atoms with Crippen LogP contribution in [-0.2, 0) is 16.6 Å². The number of benzene rings is 1. The monoisotopic (exact) mass is 392 g/mol. The van der Waals surface area contributed by atoms with Crippen molar-refractivity contribution in [2.45, 2.75) is 32.2 Å². The Morgan fingerprint density at radius 3 is 2.22 bits per heavy atom. The van der Waals surface area contributed by atoms with Crippen LogP contribution in [0, 0.1) is 0 Å². The second kappa shape index (κ2) is 8.96. The van der Waals surface area contributed by atoms with E-state index in [9.17, 15) is 18.0 Å². The molecule has 1 heterocycles. The summed E-state index contributed by atoms with van der Waals surface area (Å²) < 4.78 is 33.0. The highest BCUT2D eigenvalue weighted by atomic mass is 32.2. The van der Waals surface area contributed by atoms with Crippen LogP contribution in [0.5, 0.6) is 5.75 Å². The molecule has 27 heavy (non-hydrogen) atoms. The fraction of sp³-hybridized carbons (Fsp3) is 0.368. The van der Waals surface area contributed by atoms with E-state index in [2.05, 4.69) is 0 Å². The van der Waals surface area contributed by atoms with Crippen molar-refractivity contribution in [1.82, 2.24) is 8.87 Å². The summed E-state index contributed by atoms with van der Waals surface area (Å²) >= 11 is 0. The number of carbonyl (C=O) groups is 1. The van der Waals surface area contributed by atoms with Crippen LogP contribution in [0.3, 0.4) is 0 Å². The van der Waals surface area contributed by atoms with Gasteiger partial charge in [0.2, 0.25) is 10.0 Å². The molecule has 0 amide bonds. The number of hydrogen-bond acceptors (Lipinski definition) is 5. The van der Waals surface area contributed by atoms with Crippen molar-refractivity contribution in [2.24, 2.45) is 0 Å². The van der Waals surface area contributed by atoms with Gasteiger partial charge in [0.1, 0.15) is 5.75 Å². The Balaban J connectivity index is 2.28. The van der Waals surface area contributed by atoms with Crippen molar-refractivity contribution in [2.75, 3.05) is 19.7 Å². The molecule has 0 atom stereocenters. The first-order valence-corrected chi connectivity index (χ1v) is 10.2. The number of pyridine rings is 1. The zero-order chi connectivity index (χ0) is 20.0. The normalized spacial score (nSPS) is 11.6. The van der Waals surface area contributed by atoms with Crippen LogP contribution in [0.2, 0.25) is 0 Å². The van der Waals surface area contributed by atoms with E-state index in [1.54, 1.807) is 38.1 Å². The molecule has 0 bridgehead atoms. The summed E-state index contributed by atoms with van der Waals surface area (Å²) in [4.78, 5) is 24.6. The van der Waals surface area contributed by atoms with Gasteiger partial charge >= 0.3 is 0 Å². The molecule has 1 aromatic heterocycles. The van der Waals surface area contributed by atoms with Gasteiger partial charge in [0, 0.05) is 30.9 Å². The molecule has 0 unspecified atom stereocenters. The van der Waals surface area contributed by atoms with E-state index >= 15 is 0 Å². The molecule has 8 heteroatoms. The Morgan fingerprint density at radius 1 is 1.04 bits per heavy atom. The molecule has 0 aliphatic carbocycles. The first kappa shape index (κ1) is 20.9. The fourth-order valence-corrected chi connectivity index (χ4v) is 4.13. The number of nitrogens with zero attached hydrogens (tertiary/aromatic N) is 2. The lowest BCUT2D eigenvalue weighted by Crippen LogP contribution is -2.32. The number of ketones is 1. The van der Waals surface area contributed by atoms with E-state index in [0.29, 0.717) is 31.0 Å². The molecule has 0 saturated heterocycles. The summed E-state index contributed by atoms with van der Waals surface area (Å²) in [6, 6.07) is 9.04. The van der Waals surface area contributed by atoms with Crippen LogP contribution in [0.15, 0.2) is 52.3 Å². The Kier molecular flexibility index (Phi) is 6.92. The zero-order valence-corrected chi connectivity index (χ0v) is 16.5. The Morgan fingerprint density at radius 2 is 1.67 bits per heavy atom. The third kappa shape index (κ3) is 4.84. The largest absolute Gasteiger partial charge is 0.494 e. The van der Waals surface area contributed by atoms with Gasteiger partial charge in [-0.2, -0.15) is 4.31 Å². The molecule has 0 aliphatic heterocycles. The minimum Gasteiger partial charge on any atom is -0.494 e. The molecule has 2 rings (SSSR count). The highest BCUT2D eigenvalue weighted by molar-refractivity contribution is 7.89. The van der Waals surface area contributed by atoms with Gasteiger partial charge in [-0.25, -0.2) is 8.42 Å². The van der Waals surface area contributed by atoms with Crippen molar-refractivity contribution in [3.8, 4) is 5.75 Å². The van der Waals surface area contributed by atoms with E-state index in [1.807, 2.05) is 6.92 Å². The second-order valence-electron chi connectivity index (χ2n) is 5.80. The molecule has 0 radical (unpaired) electrons. The number of aromatic nitrogens is 1. The maximum atomic E-state index is 12.6. The number of hydrogen-bond donors (Lipinski definition) is 0.